The summed E-state index contributed by atoms with van der Waals surface area (Å²) in [6.07, 6.45) is 2.81. The predicted octanol–water partition coefficient (Wildman–Crippen LogP) is 2.76. The smallest absolute Gasteiger partial charge is 0.177 e. The lowest BCUT2D eigenvalue weighted by atomic mass is 10.3. The third kappa shape index (κ3) is 2.48. The highest BCUT2D eigenvalue weighted by Crippen LogP contribution is 2.25. The number of hydrogen-bond acceptors (Lipinski definition) is 3. The molecule has 20 heavy (non-hydrogen) atoms. The number of imidazole rings is 1. The molecule has 0 saturated heterocycles. The van der Waals surface area contributed by atoms with E-state index in [2.05, 4.69) is 11.3 Å². The van der Waals surface area contributed by atoms with Crippen LogP contribution in [0.1, 0.15) is 0 Å². The van der Waals surface area contributed by atoms with Crippen LogP contribution < -0.4 is 4.74 Å². The molecule has 0 aliphatic rings. The topological polar surface area (TPSA) is 47.3 Å². The number of ether oxygens (including phenoxy) is 1. The van der Waals surface area contributed by atoms with E-state index in [1.807, 2.05) is 12.1 Å². The SMILES string of the molecule is OCCn1[c]nc2ccc(Oc3ccc(F)cc3)cc21. The van der Waals surface area contributed by atoms with Gasteiger partial charge in [-0.25, -0.2) is 9.37 Å². The number of rotatable bonds is 4. The average molecular weight is 271 g/mol. The van der Waals surface area contributed by atoms with Gasteiger partial charge in [0.25, 0.3) is 0 Å². The Kier molecular flexibility index (Phi) is 3.35. The maximum absolute atomic E-state index is 12.8. The molecule has 3 aromatic rings. The first-order valence-corrected chi connectivity index (χ1v) is 6.18. The van der Waals surface area contributed by atoms with Crippen LogP contribution in [0.3, 0.4) is 0 Å². The van der Waals surface area contributed by atoms with Gasteiger partial charge in [-0.2, -0.15) is 0 Å². The molecule has 4 nitrogen and oxygen atoms in total. The quantitative estimate of drug-likeness (QED) is 0.793. The minimum atomic E-state index is -0.302. The van der Waals surface area contributed by atoms with E-state index in [0.29, 0.717) is 18.0 Å². The standard InChI is InChI=1S/C15H12FN2O2/c16-11-1-3-12(4-2-11)20-13-5-6-14-15(9-13)18(7-8-19)10-17-14/h1-6,9,19H,7-8H2. The van der Waals surface area contributed by atoms with E-state index >= 15 is 0 Å². The third-order valence-corrected chi connectivity index (χ3v) is 2.90. The van der Waals surface area contributed by atoms with Crippen molar-refractivity contribution in [3.63, 3.8) is 0 Å². The molecular weight excluding hydrogens is 259 g/mol. The molecule has 1 aromatic heterocycles. The number of aliphatic hydroxyl groups is 1. The highest BCUT2D eigenvalue weighted by atomic mass is 19.1. The summed E-state index contributed by atoms with van der Waals surface area (Å²) in [6.45, 7) is 0.446. The van der Waals surface area contributed by atoms with Crippen molar-refractivity contribution in [2.45, 2.75) is 6.54 Å². The van der Waals surface area contributed by atoms with Gasteiger partial charge in [0, 0.05) is 12.6 Å². The van der Waals surface area contributed by atoms with E-state index in [4.69, 9.17) is 9.84 Å². The maximum atomic E-state index is 12.8. The molecule has 0 fully saturated rings. The lowest BCUT2D eigenvalue weighted by molar-refractivity contribution is 0.277. The lowest BCUT2D eigenvalue weighted by Crippen LogP contribution is -2.00. The van der Waals surface area contributed by atoms with Gasteiger partial charge in [0.1, 0.15) is 17.3 Å². The van der Waals surface area contributed by atoms with Crippen LogP contribution >= 0.6 is 0 Å². The first-order valence-electron chi connectivity index (χ1n) is 6.18. The van der Waals surface area contributed by atoms with E-state index in [1.54, 1.807) is 22.8 Å². The fourth-order valence-electron chi connectivity index (χ4n) is 1.95. The Morgan fingerprint density at radius 1 is 1.15 bits per heavy atom. The van der Waals surface area contributed by atoms with Crippen LogP contribution in [0.5, 0.6) is 11.5 Å². The van der Waals surface area contributed by atoms with E-state index in [9.17, 15) is 4.39 Å². The predicted molar refractivity (Wildman–Crippen MR) is 72.1 cm³/mol. The summed E-state index contributed by atoms with van der Waals surface area (Å²) >= 11 is 0. The number of benzene rings is 2. The lowest BCUT2D eigenvalue weighted by Gasteiger charge is -2.06. The molecular formula is C15H12FN2O2. The van der Waals surface area contributed by atoms with Gasteiger partial charge in [-0.1, -0.05) is 0 Å². The van der Waals surface area contributed by atoms with Crippen molar-refractivity contribution in [1.82, 2.24) is 9.55 Å². The van der Waals surface area contributed by atoms with Crippen molar-refractivity contribution < 1.29 is 14.2 Å². The third-order valence-electron chi connectivity index (χ3n) is 2.90. The second-order valence-electron chi connectivity index (χ2n) is 4.29. The van der Waals surface area contributed by atoms with Crippen LogP contribution in [0, 0.1) is 12.1 Å². The first-order chi connectivity index (χ1) is 9.76. The highest BCUT2D eigenvalue weighted by Gasteiger charge is 2.05. The summed E-state index contributed by atoms with van der Waals surface area (Å²) < 4.78 is 20.2. The Morgan fingerprint density at radius 2 is 1.90 bits per heavy atom. The van der Waals surface area contributed by atoms with Crippen LogP contribution in [-0.2, 0) is 6.54 Å². The van der Waals surface area contributed by atoms with Crippen LogP contribution in [-0.4, -0.2) is 21.3 Å². The fraction of sp³-hybridized carbons (Fsp3) is 0.133. The summed E-state index contributed by atoms with van der Waals surface area (Å²) in [5.41, 5.74) is 1.61. The van der Waals surface area contributed by atoms with Crippen LogP contribution in [0.25, 0.3) is 11.0 Å². The van der Waals surface area contributed by atoms with Gasteiger partial charge in [-0.3, -0.25) is 0 Å². The zero-order valence-electron chi connectivity index (χ0n) is 10.6. The molecule has 0 unspecified atom stereocenters. The largest absolute Gasteiger partial charge is 0.457 e. The molecule has 101 valence electrons. The normalized spacial score (nSPS) is 10.9. The van der Waals surface area contributed by atoms with Gasteiger partial charge < -0.3 is 14.4 Å². The number of halogens is 1. The maximum Gasteiger partial charge on any atom is 0.177 e. The van der Waals surface area contributed by atoms with Gasteiger partial charge in [0.2, 0.25) is 0 Å². The monoisotopic (exact) mass is 271 g/mol. The summed E-state index contributed by atoms with van der Waals surface area (Å²) in [6, 6.07) is 11.2. The van der Waals surface area contributed by atoms with Crippen LogP contribution in [0.4, 0.5) is 4.39 Å². The van der Waals surface area contributed by atoms with Gasteiger partial charge in [-0.15, -0.1) is 0 Å². The van der Waals surface area contributed by atoms with E-state index in [0.717, 1.165) is 11.0 Å². The minimum Gasteiger partial charge on any atom is -0.457 e. The van der Waals surface area contributed by atoms with E-state index < -0.39 is 0 Å². The van der Waals surface area contributed by atoms with E-state index in [1.165, 1.54) is 12.1 Å². The first kappa shape index (κ1) is 12.6. The van der Waals surface area contributed by atoms with Crippen molar-refractivity contribution in [2.75, 3.05) is 6.61 Å². The van der Waals surface area contributed by atoms with Crippen molar-refractivity contribution in [2.24, 2.45) is 0 Å². The Morgan fingerprint density at radius 3 is 2.65 bits per heavy atom. The molecule has 0 aliphatic heterocycles. The Labute approximate surface area is 115 Å². The molecule has 0 saturated carbocycles. The molecule has 1 radical (unpaired) electrons. The zero-order valence-corrected chi connectivity index (χ0v) is 10.6. The number of hydrogen-bond donors (Lipinski definition) is 1. The Bertz CT molecular complexity index is 722. The van der Waals surface area contributed by atoms with Gasteiger partial charge >= 0.3 is 0 Å². The molecule has 0 aliphatic carbocycles. The second-order valence-corrected chi connectivity index (χ2v) is 4.29. The minimum absolute atomic E-state index is 0.0189. The summed E-state index contributed by atoms with van der Waals surface area (Å²) in [7, 11) is 0. The van der Waals surface area contributed by atoms with Crippen molar-refractivity contribution in [1.29, 1.82) is 0 Å². The molecule has 0 atom stereocenters. The summed E-state index contributed by atoms with van der Waals surface area (Å²) in [4.78, 5) is 4.12. The van der Waals surface area contributed by atoms with E-state index in [-0.39, 0.29) is 12.4 Å². The molecule has 5 heteroatoms. The van der Waals surface area contributed by atoms with Crippen LogP contribution in [0.15, 0.2) is 42.5 Å². The zero-order chi connectivity index (χ0) is 13.9. The molecule has 1 N–H and O–H groups in total. The van der Waals surface area contributed by atoms with Crippen molar-refractivity contribution in [3.8, 4) is 11.5 Å². The number of nitrogens with zero attached hydrogens (tertiary/aromatic N) is 2. The van der Waals surface area contributed by atoms with Crippen LogP contribution in [0.2, 0.25) is 0 Å². The average Bonchev–Trinajstić information content (AvgIpc) is 2.85. The fourth-order valence-corrected chi connectivity index (χ4v) is 1.95. The highest BCUT2D eigenvalue weighted by molar-refractivity contribution is 5.77. The second kappa shape index (κ2) is 5.30. The molecule has 0 bridgehead atoms. The number of fused-ring (bicyclic) bond motifs is 1. The van der Waals surface area contributed by atoms with Crippen molar-refractivity contribution >= 4 is 11.0 Å². The van der Waals surface area contributed by atoms with Gasteiger partial charge in [0.05, 0.1) is 17.6 Å². The van der Waals surface area contributed by atoms with Crippen molar-refractivity contribution in [3.05, 3.63) is 54.6 Å². The Hall–Kier alpha value is -2.40. The summed E-state index contributed by atoms with van der Waals surface area (Å²) in [5, 5.41) is 8.99. The molecule has 3 rings (SSSR count). The molecule has 0 amide bonds. The number of aromatic nitrogens is 2. The molecule has 1 heterocycles. The number of aliphatic hydroxyl groups excluding tert-OH is 1. The molecule has 2 aromatic carbocycles. The van der Waals surface area contributed by atoms with Gasteiger partial charge in [0.15, 0.2) is 6.33 Å². The summed E-state index contributed by atoms with van der Waals surface area (Å²) in [5.74, 6) is 0.878. The van der Waals surface area contributed by atoms with Gasteiger partial charge in [-0.05, 0) is 36.4 Å². The Balaban J connectivity index is 1.91. The molecule has 0 spiro atoms.